The quantitative estimate of drug-likeness (QED) is 0.848. The van der Waals surface area contributed by atoms with Gasteiger partial charge in [0.1, 0.15) is 5.75 Å². The summed E-state index contributed by atoms with van der Waals surface area (Å²) in [7, 11) is 1.72. The molecular formula is C18H26N2O3. The van der Waals surface area contributed by atoms with E-state index in [9.17, 15) is 4.79 Å². The Morgan fingerprint density at radius 3 is 2.57 bits per heavy atom. The Morgan fingerprint density at radius 1 is 1.17 bits per heavy atom. The first-order valence-corrected chi connectivity index (χ1v) is 8.48. The van der Waals surface area contributed by atoms with Crippen LogP contribution in [-0.2, 0) is 9.53 Å². The highest BCUT2D eigenvalue weighted by atomic mass is 16.5. The van der Waals surface area contributed by atoms with E-state index in [2.05, 4.69) is 17.0 Å². The normalized spacial score (nSPS) is 20.5. The Hall–Kier alpha value is -1.59. The molecule has 3 rings (SSSR count). The lowest BCUT2D eigenvalue weighted by molar-refractivity contribution is -0.134. The minimum absolute atomic E-state index is 0.255. The van der Waals surface area contributed by atoms with Gasteiger partial charge >= 0.3 is 0 Å². The van der Waals surface area contributed by atoms with E-state index in [0.717, 1.165) is 58.0 Å². The molecular weight excluding hydrogens is 292 g/mol. The van der Waals surface area contributed by atoms with Gasteiger partial charge in [-0.25, -0.2) is 0 Å². The predicted molar refractivity (Wildman–Crippen MR) is 88.8 cm³/mol. The van der Waals surface area contributed by atoms with E-state index in [1.54, 1.807) is 7.11 Å². The lowest BCUT2D eigenvalue weighted by atomic mass is 9.89. The third kappa shape index (κ3) is 4.03. The summed E-state index contributed by atoms with van der Waals surface area (Å²) in [6.07, 6.45) is 2.02. The first kappa shape index (κ1) is 16.3. The molecule has 0 aliphatic carbocycles. The summed E-state index contributed by atoms with van der Waals surface area (Å²) < 4.78 is 10.8. The van der Waals surface area contributed by atoms with Crippen LogP contribution in [-0.4, -0.2) is 68.8 Å². The summed E-state index contributed by atoms with van der Waals surface area (Å²) >= 11 is 0. The SMILES string of the molecule is COc1ccccc1C1CCN(C(=O)CN2CCOCC2)CC1. The molecule has 2 aliphatic heterocycles. The number of methoxy groups -OCH3 is 1. The summed E-state index contributed by atoms with van der Waals surface area (Å²) in [5.41, 5.74) is 1.27. The minimum Gasteiger partial charge on any atom is -0.496 e. The lowest BCUT2D eigenvalue weighted by Gasteiger charge is -2.34. The maximum absolute atomic E-state index is 12.5. The molecule has 5 heteroatoms. The molecule has 0 radical (unpaired) electrons. The van der Waals surface area contributed by atoms with Gasteiger partial charge in [0.05, 0.1) is 26.9 Å². The number of benzene rings is 1. The number of carbonyl (C=O) groups is 1. The van der Waals surface area contributed by atoms with Gasteiger partial charge in [-0.1, -0.05) is 18.2 Å². The molecule has 2 saturated heterocycles. The number of piperidine rings is 1. The van der Waals surface area contributed by atoms with Gasteiger partial charge in [0, 0.05) is 26.2 Å². The van der Waals surface area contributed by atoms with Crippen molar-refractivity contribution in [2.45, 2.75) is 18.8 Å². The highest BCUT2D eigenvalue weighted by molar-refractivity contribution is 5.78. The topological polar surface area (TPSA) is 42.0 Å². The first-order chi connectivity index (χ1) is 11.3. The van der Waals surface area contributed by atoms with Crippen LogP contribution in [0.5, 0.6) is 5.75 Å². The molecule has 0 spiro atoms. The number of nitrogens with zero attached hydrogens (tertiary/aromatic N) is 2. The van der Waals surface area contributed by atoms with Crippen LogP contribution in [0.15, 0.2) is 24.3 Å². The Kier molecular flexibility index (Phi) is 5.51. The Morgan fingerprint density at radius 2 is 1.87 bits per heavy atom. The molecule has 5 nitrogen and oxygen atoms in total. The number of hydrogen-bond donors (Lipinski definition) is 0. The van der Waals surface area contributed by atoms with Crippen LogP contribution < -0.4 is 4.74 Å². The van der Waals surface area contributed by atoms with E-state index >= 15 is 0 Å². The molecule has 0 saturated carbocycles. The zero-order chi connectivity index (χ0) is 16.1. The molecule has 1 aromatic carbocycles. The summed E-state index contributed by atoms with van der Waals surface area (Å²) in [5.74, 6) is 1.70. The minimum atomic E-state index is 0.255. The largest absolute Gasteiger partial charge is 0.496 e. The molecule has 0 aromatic heterocycles. The van der Waals surface area contributed by atoms with Crippen molar-refractivity contribution < 1.29 is 14.3 Å². The summed E-state index contributed by atoms with van der Waals surface area (Å²) in [6.45, 7) is 5.42. The number of morpholine rings is 1. The number of likely N-dealkylation sites (tertiary alicyclic amines) is 1. The van der Waals surface area contributed by atoms with Crippen molar-refractivity contribution in [2.24, 2.45) is 0 Å². The van der Waals surface area contributed by atoms with Gasteiger partial charge in [0.25, 0.3) is 0 Å². The number of para-hydroxylation sites is 1. The summed E-state index contributed by atoms with van der Waals surface area (Å²) in [5, 5.41) is 0. The van der Waals surface area contributed by atoms with E-state index in [0.29, 0.717) is 12.5 Å². The predicted octanol–water partition coefficient (Wildman–Crippen LogP) is 1.73. The van der Waals surface area contributed by atoms with E-state index in [1.165, 1.54) is 5.56 Å². The molecule has 2 heterocycles. The smallest absolute Gasteiger partial charge is 0.236 e. The van der Waals surface area contributed by atoms with E-state index in [4.69, 9.17) is 9.47 Å². The Bertz CT molecular complexity index is 521. The van der Waals surface area contributed by atoms with Gasteiger partial charge in [0.2, 0.25) is 5.91 Å². The second kappa shape index (κ2) is 7.79. The van der Waals surface area contributed by atoms with Crippen LogP contribution >= 0.6 is 0 Å². The molecule has 2 aliphatic rings. The van der Waals surface area contributed by atoms with Gasteiger partial charge in [0.15, 0.2) is 0 Å². The molecule has 0 unspecified atom stereocenters. The molecule has 0 atom stereocenters. The van der Waals surface area contributed by atoms with Gasteiger partial charge in [-0.05, 0) is 30.4 Å². The van der Waals surface area contributed by atoms with Crippen LogP contribution in [0, 0.1) is 0 Å². The average molecular weight is 318 g/mol. The Labute approximate surface area is 138 Å². The highest BCUT2D eigenvalue weighted by Gasteiger charge is 2.26. The van der Waals surface area contributed by atoms with Crippen molar-refractivity contribution in [3.63, 3.8) is 0 Å². The van der Waals surface area contributed by atoms with Crippen LogP contribution in [0.4, 0.5) is 0 Å². The molecule has 1 amide bonds. The maximum atomic E-state index is 12.5. The second-order valence-electron chi connectivity index (χ2n) is 6.29. The number of rotatable bonds is 4. The Balaban J connectivity index is 1.52. The molecule has 23 heavy (non-hydrogen) atoms. The van der Waals surface area contributed by atoms with Crippen molar-refractivity contribution >= 4 is 5.91 Å². The summed E-state index contributed by atoms with van der Waals surface area (Å²) in [4.78, 5) is 16.7. The average Bonchev–Trinajstić information content (AvgIpc) is 2.62. The van der Waals surface area contributed by atoms with Gasteiger partial charge in [-0.15, -0.1) is 0 Å². The van der Waals surface area contributed by atoms with Crippen LogP contribution in [0.3, 0.4) is 0 Å². The number of hydrogen-bond acceptors (Lipinski definition) is 4. The van der Waals surface area contributed by atoms with Crippen molar-refractivity contribution in [3.05, 3.63) is 29.8 Å². The fourth-order valence-electron chi connectivity index (χ4n) is 3.49. The monoisotopic (exact) mass is 318 g/mol. The van der Waals surface area contributed by atoms with E-state index in [1.807, 2.05) is 17.0 Å². The van der Waals surface area contributed by atoms with Crippen LogP contribution in [0.1, 0.15) is 24.3 Å². The molecule has 126 valence electrons. The van der Waals surface area contributed by atoms with Crippen molar-refractivity contribution in [1.29, 1.82) is 0 Å². The first-order valence-electron chi connectivity index (χ1n) is 8.48. The highest BCUT2D eigenvalue weighted by Crippen LogP contribution is 2.33. The third-order valence-electron chi connectivity index (χ3n) is 4.89. The fourth-order valence-corrected chi connectivity index (χ4v) is 3.49. The fraction of sp³-hybridized carbons (Fsp3) is 0.611. The van der Waals surface area contributed by atoms with Crippen molar-refractivity contribution in [1.82, 2.24) is 9.80 Å². The standard InChI is InChI=1S/C18H26N2O3/c1-22-17-5-3-2-4-16(17)15-6-8-20(9-7-15)18(21)14-19-10-12-23-13-11-19/h2-5,15H,6-14H2,1H3. The van der Waals surface area contributed by atoms with Crippen LogP contribution in [0.25, 0.3) is 0 Å². The lowest BCUT2D eigenvalue weighted by Crippen LogP contribution is -2.46. The molecule has 1 aromatic rings. The number of amides is 1. The second-order valence-corrected chi connectivity index (χ2v) is 6.29. The third-order valence-corrected chi connectivity index (χ3v) is 4.89. The van der Waals surface area contributed by atoms with Gasteiger partial charge < -0.3 is 14.4 Å². The molecule has 0 N–H and O–H groups in total. The van der Waals surface area contributed by atoms with Crippen LogP contribution in [0.2, 0.25) is 0 Å². The van der Waals surface area contributed by atoms with Gasteiger partial charge in [-0.3, -0.25) is 9.69 Å². The zero-order valence-corrected chi connectivity index (χ0v) is 13.9. The molecule has 0 bridgehead atoms. The number of ether oxygens (including phenoxy) is 2. The van der Waals surface area contributed by atoms with Crippen molar-refractivity contribution in [3.8, 4) is 5.75 Å². The summed E-state index contributed by atoms with van der Waals surface area (Å²) in [6, 6.07) is 8.23. The van der Waals surface area contributed by atoms with Crippen molar-refractivity contribution in [2.75, 3.05) is 53.0 Å². The van der Waals surface area contributed by atoms with Gasteiger partial charge in [-0.2, -0.15) is 0 Å². The van der Waals surface area contributed by atoms with E-state index < -0.39 is 0 Å². The maximum Gasteiger partial charge on any atom is 0.236 e. The molecule has 2 fully saturated rings. The number of carbonyl (C=O) groups excluding carboxylic acids is 1. The van der Waals surface area contributed by atoms with E-state index in [-0.39, 0.29) is 5.91 Å². The zero-order valence-electron chi connectivity index (χ0n) is 13.9.